The van der Waals surface area contributed by atoms with E-state index in [4.69, 9.17) is 14.6 Å². The molecule has 0 unspecified atom stereocenters. The van der Waals surface area contributed by atoms with E-state index in [9.17, 15) is 4.79 Å². The maximum atomic E-state index is 11.9. The lowest BCUT2D eigenvalue weighted by Crippen LogP contribution is -2.06. The zero-order valence-corrected chi connectivity index (χ0v) is 14.5. The SMILES string of the molecule is COC(=O)c1cccc(-c2c(C)cc(OCCCO)nc2C)c1C. The second kappa shape index (κ2) is 7.93. The Bertz CT molecular complexity index is 717. The largest absolute Gasteiger partial charge is 0.478 e. The van der Waals surface area contributed by atoms with Crippen LogP contribution in [-0.2, 0) is 4.74 Å². The van der Waals surface area contributed by atoms with Crippen molar-refractivity contribution in [3.05, 3.63) is 46.6 Å². The smallest absolute Gasteiger partial charge is 0.338 e. The fraction of sp³-hybridized carbons (Fsp3) is 0.368. The summed E-state index contributed by atoms with van der Waals surface area (Å²) in [5.74, 6) is 0.200. The van der Waals surface area contributed by atoms with Gasteiger partial charge in [0.15, 0.2) is 0 Å². The molecule has 24 heavy (non-hydrogen) atoms. The van der Waals surface area contributed by atoms with E-state index in [1.807, 2.05) is 39.0 Å². The molecular weight excluding hydrogens is 306 g/mol. The summed E-state index contributed by atoms with van der Waals surface area (Å²) in [5, 5.41) is 8.83. The molecule has 2 rings (SSSR count). The number of aliphatic hydroxyl groups is 1. The normalized spacial score (nSPS) is 10.5. The Morgan fingerprint density at radius 1 is 1.25 bits per heavy atom. The third kappa shape index (κ3) is 3.74. The van der Waals surface area contributed by atoms with Gasteiger partial charge in [0.1, 0.15) is 0 Å². The zero-order chi connectivity index (χ0) is 17.7. The van der Waals surface area contributed by atoms with Gasteiger partial charge in [-0.1, -0.05) is 12.1 Å². The van der Waals surface area contributed by atoms with Gasteiger partial charge in [0.2, 0.25) is 5.88 Å². The van der Waals surface area contributed by atoms with E-state index in [0.717, 1.165) is 27.9 Å². The summed E-state index contributed by atoms with van der Waals surface area (Å²) >= 11 is 0. The summed E-state index contributed by atoms with van der Waals surface area (Å²) in [7, 11) is 1.38. The first-order valence-electron chi connectivity index (χ1n) is 7.89. The number of nitrogens with zero attached hydrogens (tertiary/aromatic N) is 1. The summed E-state index contributed by atoms with van der Waals surface area (Å²) in [4.78, 5) is 16.4. The lowest BCUT2D eigenvalue weighted by atomic mass is 9.93. The molecule has 0 atom stereocenters. The lowest BCUT2D eigenvalue weighted by molar-refractivity contribution is 0.0600. The number of aliphatic hydroxyl groups excluding tert-OH is 1. The number of hydrogen-bond donors (Lipinski definition) is 1. The third-order valence-corrected chi connectivity index (χ3v) is 3.93. The number of aryl methyl sites for hydroxylation is 2. The number of pyridine rings is 1. The van der Waals surface area contributed by atoms with Crippen LogP contribution < -0.4 is 4.74 Å². The maximum absolute atomic E-state index is 11.9. The molecule has 0 bridgehead atoms. The fourth-order valence-electron chi connectivity index (χ4n) is 2.76. The lowest BCUT2D eigenvalue weighted by Gasteiger charge is -2.16. The molecule has 1 aromatic carbocycles. The predicted octanol–water partition coefficient (Wildman–Crippen LogP) is 3.22. The van der Waals surface area contributed by atoms with Gasteiger partial charge in [-0.25, -0.2) is 9.78 Å². The average molecular weight is 329 g/mol. The molecule has 0 saturated heterocycles. The van der Waals surface area contributed by atoms with Gasteiger partial charge in [-0.2, -0.15) is 0 Å². The number of carbonyl (C=O) groups excluding carboxylic acids is 1. The van der Waals surface area contributed by atoms with Crippen molar-refractivity contribution in [2.75, 3.05) is 20.3 Å². The number of hydrogen-bond acceptors (Lipinski definition) is 5. The summed E-state index contributed by atoms with van der Waals surface area (Å²) in [6.45, 7) is 6.35. The molecular formula is C19H23NO4. The van der Waals surface area contributed by atoms with Crippen LogP contribution in [-0.4, -0.2) is 36.4 Å². The molecule has 1 aromatic heterocycles. The van der Waals surface area contributed by atoms with Gasteiger partial charge < -0.3 is 14.6 Å². The molecule has 0 aliphatic heterocycles. The van der Waals surface area contributed by atoms with Crippen molar-refractivity contribution in [2.24, 2.45) is 0 Å². The van der Waals surface area contributed by atoms with E-state index in [1.165, 1.54) is 7.11 Å². The van der Waals surface area contributed by atoms with Crippen LogP contribution in [0.4, 0.5) is 0 Å². The van der Waals surface area contributed by atoms with Gasteiger partial charge in [0.05, 0.1) is 19.3 Å². The van der Waals surface area contributed by atoms with E-state index in [2.05, 4.69) is 4.98 Å². The van der Waals surface area contributed by atoms with Crippen LogP contribution >= 0.6 is 0 Å². The highest BCUT2D eigenvalue weighted by molar-refractivity contribution is 5.93. The predicted molar refractivity (Wildman–Crippen MR) is 92.4 cm³/mol. The van der Waals surface area contributed by atoms with Crippen LogP contribution in [0.25, 0.3) is 11.1 Å². The van der Waals surface area contributed by atoms with Crippen LogP contribution in [0.1, 0.15) is 33.6 Å². The number of methoxy groups -OCH3 is 1. The minimum Gasteiger partial charge on any atom is -0.478 e. The Balaban J connectivity index is 2.44. The molecule has 0 fully saturated rings. The van der Waals surface area contributed by atoms with Crippen molar-refractivity contribution in [2.45, 2.75) is 27.2 Å². The van der Waals surface area contributed by atoms with Crippen molar-refractivity contribution < 1.29 is 19.4 Å². The van der Waals surface area contributed by atoms with Crippen molar-refractivity contribution >= 4 is 5.97 Å². The summed E-state index contributed by atoms with van der Waals surface area (Å²) in [5.41, 5.74) is 5.23. The van der Waals surface area contributed by atoms with Gasteiger partial charge in [0.25, 0.3) is 0 Å². The Hall–Kier alpha value is -2.40. The molecule has 5 heteroatoms. The van der Waals surface area contributed by atoms with Gasteiger partial charge in [0, 0.05) is 30.4 Å². The summed E-state index contributed by atoms with van der Waals surface area (Å²) in [6, 6.07) is 7.46. The quantitative estimate of drug-likeness (QED) is 0.651. The molecule has 0 radical (unpaired) electrons. The van der Waals surface area contributed by atoms with Gasteiger partial charge in [-0.05, 0) is 43.5 Å². The van der Waals surface area contributed by atoms with E-state index in [-0.39, 0.29) is 12.6 Å². The third-order valence-electron chi connectivity index (χ3n) is 3.93. The molecule has 1 heterocycles. The average Bonchev–Trinajstić information content (AvgIpc) is 2.55. The molecule has 2 aromatic rings. The number of benzene rings is 1. The molecule has 0 amide bonds. The summed E-state index contributed by atoms with van der Waals surface area (Å²) < 4.78 is 10.4. The van der Waals surface area contributed by atoms with E-state index >= 15 is 0 Å². The first-order valence-corrected chi connectivity index (χ1v) is 7.89. The number of rotatable bonds is 6. The highest BCUT2D eigenvalue weighted by Gasteiger charge is 2.17. The van der Waals surface area contributed by atoms with Gasteiger partial charge >= 0.3 is 5.97 Å². The molecule has 0 aliphatic rings. The van der Waals surface area contributed by atoms with Crippen LogP contribution in [0.3, 0.4) is 0 Å². The molecule has 1 N–H and O–H groups in total. The van der Waals surface area contributed by atoms with Crippen molar-refractivity contribution in [3.63, 3.8) is 0 Å². The van der Waals surface area contributed by atoms with Crippen molar-refractivity contribution in [3.8, 4) is 17.0 Å². The Morgan fingerprint density at radius 2 is 2.00 bits per heavy atom. The number of carbonyl (C=O) groups is 1. The van der Waals surface area contributed by atoms with Gasteiger partial charge in [-0.15, -0.1) is 0 Å². The van der Waals surface area contributed by atoms with Crippen LogP contribution in [0.5, 0.6) is 5.88 Å². The number of ether oxygens (including phenoxy) is 2. The first kappa shape index (κ1) is 17.9. The van der Waals surface area contributed by atoms with Gasteiger partial charge in [-0.3, -0.25) is 0 Å². The minimum atomic E-state index is -0.346. The number of aromatic nitrogens is 1. The first-order chi connectivity index (χ1) is 11.5. The highest BCUT2D eigenvalue weighted by atomic mass is 16.5. The van der Waals surface area contributed by atoms with Crippen LogP contribution in [0, 0.1) is 20.8 Å². The van der Waals surface area contributed by atoms with Crippen LogP contribution in [0.15, 0.2) is 24.3 Å². The topological polar surface area (TPSA) is 68.7 Å². The molecule has 5 nitrogen and oxygen atoms in total. The molecule has 0 aliphatic carbocycles. The van der Waals surface area contributed by atoms with E-state index < -0.39 is 0 Å². The molecule has 0 saturated carbocycles. The fourth-order valence-corrected chi connectivity index (χ4v) is 2.76. The second-order valence-corrected chi connectivity index (χ2v) is 5.63. The van der Waals surface area contributed by atoms with Crippen molar-refractivity contribution in [1.29, 1.82) is 0 Å². The Morgan fingerprint density at radius 3 is 2.62 bits per heavy atom. The second-order valence-electron chi connectivity index (χ2n) is 5.63. The minimum absolute atomic E-state index is 0.0928. The van der Waals surface area contributed by atoms with E-state index in [0.29, 0.717) is 24.5 Å². The summed E-state index contributed by atoms with van der Waals surface area (Å²) in [6.07, 6.45) is 0.571. The number of esters is 1. The zero-order valence-electron chi connectivity index (χ0n) is 14.5. The van der Waals surface area contributed by atoms with Crippen LogP contribution in [0.2, 0.25) is 0 Å². The standard InChI is InChI=1S/C19H23NO4/c1-12-11-17(24-10-6-9-21)20-14(3)18(12)15-7-5-8-16(13(15)2)19(22)23-4/h5,7-8,11,21H,6,9-10H2,1-4H3. The Labute approximate surface area is 142 Å². The molecule has 0 spiro atoms. The van der Waals surface area contributed by atoms with Crippen molar-refractivity contribution in [1.82, 2.24) is 4.98 Å². The Kier molecular flexibility index (Phi) is 5.93. The maximum Gasteiger partial charge on any atom is 0.338 e. The highest BCUT2D eigenvalue weighted by Crippen LogP contribution is 2.32. The molecule has 128 valence electrons. The monoisotopic (exact) mass is 329 g/mol. The van der Waals surface area contributed by atoms with E-state index in [1.54, 1.807) is 6.07 Å².